The van der Waals surface area contributed by atoms with Crippen molar-refractivity contribution in [2.24, 2.45) is 0 Å². The van der Waals surface area contributed by atoms with E-state index < -0.39 is 0 Å². The fourth-order valence-electron chi connectivity index (χ4n) is 1.18. The zero-order valence-electron chi connectivity index (χ0n) is 7.46. The highest BCUT2D eigenvalue weighted by Gasteiger charge is 2.28. The van der Waals surface area contributed by atoms with Crippen LogP contribution in [0.4, 0.5) is 0 Å². The summed E-state index contributed by atoms with van der Waals surface area (Å²) in [5, 5.41) is 2.99. The Kier molecular flexibility index (Phi) is 2.70. The maximum Gasteiger partial charge on any atom is 0.385 e. The predicted molar refractivity (Wildman–Crippen MR) is 46.3 cm³/mol. The second kappa shape index (κ2) is 3.57. The van der Waals surface area contributed by atoms with Gasteiger partial charge in [0.15, 0.2) is 6.67 Å². The lowest BCUT2D eigenvalue weighted by Crippen LogP contribution is -2.35. The fourth-order valence-corrected chi connectivity index (χ4v) is 1.18. The highest BCUT2D eigenvalue weighted by Crippen LogP contribution is 1.99. The molecule has 0 bridgehead atoms. The van der Waals surface area contributed by atoms with Crippen molar-refractivity contribution in [3.63, 3.8) is 0 Å². The van der Waals surface area contributed by atoms with Crippen LogP contribution < -0.4 is 10.3 Å². The molecule has 1 radical (unpaired) electrons. The first-order chi connectivity index (χ1) is 5.25. The van der Waals surface area contributed by atoms with E-state index in [-0.39, 0.29) is 0 Å². The van der Waals surface area contributed by atoms with Gasteiger partial charge < -0.3 is 0 Å². The molecule has 1 N–H and O–H groups in total. The summed E-state index contributed by atoms with van der Waals surface area (Å²) >= 11 is 0. The molecule has 0 aromatic rings. The van der Waals surface area contributed by atoms with E-state index in [1.807, 2.05) is 7.05 Å². The predicted octanol–water partition coefficient (Wildman–Crippen LogP) is -1.27. The third-order valence-corrected chi connectivity index (χ3v) is 1.83. The average molecular weight is 156 g/mol. The normalized spacial score (nSPS) is 17.9. The van der Waals surface area contributed by atoms with Crippen molar-refractivity contribution in [1.82, 2.24) is 20.1 Å². The molecule has 4 nitrogen and oxygen atoms in total. The van der Waals surface area contributed by atoms with E-state index in [0.717, 1.165) is 19.0 Å². The molecule has 1 aliphatic heterocycles. The summed E-state index contributed by atoms with van der Waals surface area (Å²) in [5.41, 5.74) is 0. The van der Waals surface area contributed by atoms with E-state index in [0.29, 0.717) is 6.67 Å². The Morgan fingerprint density at radius 1 is 1.36 bits per heavy atom. The minimum Gasteiger partial charge on any atom is -0.288 e. The number of rotatable bonds is 2. The van der Waals surface area contributed by atoms with Gasteiger partial charge in [-0.25, -0.2) is 0 Å². The van der Waals surface area contributed by atoms with Crippen molar-refractivity contribution in [2.45, 2.75) is 0 Å². The number of guanidine groups is 1. The average Bonchev–Trinajstić information content (AvgIpc) is 2.29. The number of aliphatic imine (C=N–C) groups is 1. The van der Waals surface area contributed by atoms with E-state index in [2.05, 4.69) is 34.2 Å². The highest BCUT2D eigenvalue weighted by atomic mass is 15.4. The van der Waals surface area contributed by atoms with Crippen LogP contribution in [0.3, 0.4) is 0 Å². The second-order valence-corrected chi connectivity index (χ2v) is 2.81. The van der Waals surface area contributed by atoms with Gasteiger partial charge in [-0.3, -0.25) is 15.1 Å². The van der Waals surface area contributed by atoms with Crippen molar-refractivity contribution >= 4 is 5.96 Å². The van der Waals surface area contributed by atoms with Crippen LogP contribution >= 0.6 is 0 Å². The van der Waals surface area contributed by atoms with E-state index in [1.54, 1.807) is 0 Å². The molecule has 1 aliphatic rings. The van der Waals surface area contributed by atoms with Gasteiger partial charge in [-0.1, -0.05) is 4.99 Å². The van der Waals surface area contributed by atoms with E-state index in [4.69, 9.17) is 0 Å². The van der Waals surface area contributed by atoms with Crippen molar-refractivity contribution in [2.75, 3.05) is 40.9 Å². The minimum atomic E-state index is 0.698. The SMILES string of the molecule is CNC[N+]=C1N(C)CCN1C. The Balaban J connectivity index is 2.53. The van der Waals surface area contributed by atoms with E-state index in [1.165, 1.54) is 0 Å². The number of hydrogen-bond acceptors (Lipinski definition) is 2. The summed E-state index contributed by atoms with van der Waals surface area (Å²) < 4.78 is 0. The summed E-state index contributed by atoms with van der Waals surface area (Å²) in [4.78, 5) is 8.69. The lowest BCUT2D eigenvalue weighted by Gasteiger charge is -2.04. The van der Waals surface area contributed by atoms with Gasteiger partial charge in [0, 0.05) is 0 Å². The van der Waals surface area contributed by atoms with Gasteiger partial charge >= 0.3 is 5.96 Å². The molecule has 4 heteroatoms. The zero-order valence-corrected chi connectivity index (χ0v) is 7.46. The molecule has 0 unspecified atom stereocenters. The Morgan fingerprint density at radius 3 is 2.36 bits per heavy atom. The number of nitrogens with zero attached hydrogens (tertiary/aromatic N) is 3. The van der Waals surface area contributed by atoms with Gasteiger partial charge in [-0.15, -0.1) is 0 Å². The molecule has 0 aromatic heterocycles. The van der Waals surface area contributed by atoms with Crippen LogP contribution in [0, 0.1) is 0 Å². The quantitative estimate of drug-likeness (QED) is 0.541. The van der Waals surface area contributed by atoms with Crippen molar-refractivity contribution in [3.05, 3.63) is 0 Å². The molecule has 1 rings (SSSR count). The molecule has 63 valence electrons. The van der Waals surface area contributed by atoms with Crippen LogP contribution in [0.5, 0.6) is 0 Å². The van der Waals surface area contributed by atoms with Gasteiger partial charge in [0.2, 0.25) is 0 Å². The van der Waals surface area contributed by atoms with Crippen LogP contribution in [0.15, 0.2) is 0 Å². The van der Waals surface area contributed by atoms with Gasteiger partial charge in [0.1, 0.15) is 0 Å². The number of nitrogens with one attached hydrogen (secondary N) is 1. The first-order valence-corrected chi connectivity index (χ1v) is 3.87. The Bertz CT molecular complexity index is 143. The summed E-state index contributed by atoms with van der Waals surface area (Å²) in [5.74, 6) is 1.08. The lowest BCUT2D eigenvalue weighted by molar-refractivity contribution is 0.553. The highest BCUT2D eigenvalue weighted by molar-refractivity contribution is 5.80. The molecule has 0 amide bonds. The summed E-state index contributed by atoms with van der Waals surface area (Å²) in [7, 11) is 6.04. The minimum absolute atomic E-state index is 0.698. The first kappa shape index (κ1) is 8.33. The summed E-state index contributed by atoms with van der Waals surface area (Å²) in [6, 6.07) is 0. The molecular weight excluding hydrogens is 140 g/mol. The lowest BCUT2D eigenvalue weighted by atomic mass is 10.6. The van der Waals surface area contributed by atoms with Gasteiger partial charge in [-0.2, -0.15) is 0 Å². The van der Waals surface area contributed by atoms with Crippen LogP contribution in [0.1, 0.15) is 0 Å². The first-order valence-electron chi connectivity index (χ1n) is 3.87. The molecule has 1 heterocycles. The van der Waals surface area contributed by atoms with Crippen LogP contribution in [-0.2, 0) is 0 Å². The smallest absolute Gasteiger partial charge is 0.288 e. The Hall–Kier alpha value is -0.770. The van der Waals surface area contributed by atoms with Crippen LogP contribution in [0.2, 0.25) is 0 Å². The molecule has 1 fully saturated rings. The largest absolute Gasteiger partial charge is 0.385 e. The molecule has 11 heavy (non-hydrogen) atoms. The zero-order chi connectivity index (χ0) is 8.27. The number of hydrogen-bond donors (Lipinski definition) is 1. The van der Waals surface area contributed by atoms with Crippen molar-refractivity contribution < 1.29 is 0 Å². The molecule has 0 aromatic carbocycles. The van der Waals surface area contributed by atoms with Gasteiger partial charge in [0.05, 0.1) is 27.2 Å². The summed E-state index contributed by atoms with van der Waals surface area (Å²) in [6.45, 7) is 2.86. The summed E-state index contributed by atoms with van der Waals surface area (Å²) in [6.07, 6.45) is 0. The van der Waals surface area contributed by atoms with Gasteiger partial charge in [0.25, 0.3) is 0 Å². The van der Waals surface area contributed by atoms with E-state index >= 15 is 0 Å². The topological polar surface area (TPSA) is 32.6 Å². The molecule has 0 saturated carbocycles. The fraction of sp³-hybridized carbons (Fsp3) is 0.857. The Morgan fingerprint density at radius 2 is 1.91 bits per heavy atom. The van der Waals surface area contributed by atoms with Gasteiger partial charge in [-0.05, 0) is 7.05 Å². The Labute approximate surface area is 67.9 Å². The standard InChI is InChI=1S/C7H16N4/c1-8-6-9-7-10(2)4-5-11(7)3/h8H,4-6H2,1-3H3/q+1. The monoisotopic (exact) mass is 156 g/mol. The maximum absolute atomic E-state index is 4.36. The third kappa shape index (κ3) is 1.83. The number of likely N-dealkylation sites (N-methyl/N-ethyl adjacent to an activating group) is 2. The maximum atomic E-state index is 4.36. The van der Waals surface area contributed by atoms with E-state index in [9.17, 15) is 0 Å². The molecule has 0 atom stereocenters. The van der Waals surface area contributed by atoms with Crippen molar-refractivity contribution in [1.29, 1.82) is 0 Å². The van der Waals surface area contributed by atoms with Crippen molar-refractivity contribution in [3.8, 4) is 0 Å². The molecular formula is C7H16N4+. The third-order valence-electron chi connectivity index (χ3n) is 1.83. The van der Waals surface area contributed by atoms with Crippen LogP contribution in [0.25, 0.3) is 0 Å². The molecule has 0 aliphatic carbocycles. The second-order valence-electron chi connectivity index (χ2n) is 2.81. The van der Waals surface area contributed by atoms with Crippen LogP contribution in [-0.4, -0.2) is 56.7 Å². The molecule has 0 spiro atoms. The molecule has 1 saturated heterocycles.